The lowest BCUT2D eigenvalue weighted by molar-refractivity contribution is -0.384. The van der Waals surface area contributed by atoms with Gasteiger partial charge in [0.15, 0.2) is 0 Å². The Kier molecular flexibility index (Phi) is 5.78. The van der Waals surface area contributed by atoms with Crippen molar-refractivity contribution in [2.45, 2.75) is 18.6 Å². The minimum atomic E-state index is -4.53. The molecule has 0 spiro atoms. The molecule has 0 saturated heterocycles. The number of benzene rings is 2. The van der Waals surface area contributed by atoms with Crippen molar-refractivity contribution in [3.8, 4) is 0 Å². The molecule has 0 aliphatic heterocycles. The molecule has 0 saturated carbocycles. The van der Waals surface area contributed by atoms with Crippen LogP contribution in [0.4, 0.5) is 18.9 Å². The number of alkyl halides is 3. The Morgan fingerprint density at radius 1 is 1.07 bits per heavy atom. The van der Waals surface area contributed by atoms with Gasteiger partial charge in [0.25, 0.3) is 11.6 Å². The quantitative estimate of drug-likeness (QED) is 0.591. The van der Waals surface area contributed by atoms with Crippen LogP contribution in [0.15, 0.2) is 48.5 Å². The first-order valence-electron chi connectivity index (χ1n) is 7.58. The van der Waals surface area contributed by atoms with Gasteiger partial charge >= 0.3 is 6.18 Å². The van der Waals surface area contributed by atoms with E-state index in [-0.39, 0.29) is 17.7 Å². The number of nitro groups is 1. The Morgan fingerprint density at radius 3 is 2.07 bits per heavy atom. The van der Waals surface area contributed by atoms with E-state index in [0.29, 0.717) is 5.56 Å². The van der Waals surface area contributed by atoms with Crippen LogP contribution < -0.4 is 11.1 Å². The molecule has 0 fully saturated rings. The van der Waals surface area contributed by atoms with Crippen molar-refractivity contribution in [2.24, 2.45) is 5.73 Å². The second-order valence-corrected chi connectivity index (χ2v) is 5.63. The van der Waals surface area contributed by atoms with Crippen LogP contribution in [0.25, 0.3) is 0 Å². The first-order chi connectivity index (χ1) is 12.6. The first-order valence-corrected chi connectivity index (χ1v) is 7.58. The summed E-state index contributed by atoms with van der Waals surface area (Å²) in [6.45, 7) is 0. The molecule has 2 aromatic rings. The van der Waals surface area contributed by atoms with E-state index in [1.165, 1.54) is 24.3 Å². The third kappa shape index (κ3) is 5.27. The van der Waals surface area contributed by atoms with E-state index >= 15 is 0 Å². The lowest BCUT2D eigenvalue weighted by Gasteiger charge is -2.16. The summed E-state index contributed by atoms with van der Waals surface area (Å²) in [5.74, 6) is -1.62. The monoisotopic (exact) mass is 381 g/mol. The number of non-ortho nitro benzene ring substituents is 1. The van der Waals surface area contributed by atoms with Gasteiger partial charge in [-0.05, 0) is 29.8 Å². The first kappa shape index (κ1) is 19.9. The number of nitrogens with zero attached hydrogens (tertiary/aromatic N) is 1. The Bertz CT molecular complexity index is 849. The van der Waals surface area contributed by atoms with Crippen LogP contribution in [0.1, 0.15) is 21.5 Å². The molecule has 27 heavy (non-hydrogen) atoms. The van der Waals surface area contributed by atoms with E-state index in [1.54, 1.807) is 0 Å². The van der Waals surface area contributed by atoms with Crippen molar-refractivity contribution in [3.05, 3.63) is 75.3 Å². The number of carbonyl (C=O) groups excluding carboxylic acids is 2. The van der Waals surface area contributed by atoms with Crippen LogP contribution in [0.2, 0.25) is 0 Å². The molecule has 7 nitrogen and oxygen atoms in total. The number of hydrogen-bond acceptors (Lipinski definition) is 4. The largest absolute Gasteiger partial charge is 0.416 e. The Hall–Kier alpha value is -3.43. The lowest BCUT2D eigenvalue weighted by Crippen LogP contribution is -2.45. The number of rotatable bonds is 6. The summed E-state index contributed by atoms with van der Waals surface area (Å²) in [4.78, 5) is 33.8. The zero-order valence-corrected chi connectivity index (χ0v) is 13.7. The Balaban J connectivity index is 2.10. The molecule has 0 aliphatic carbocycles. The second-order valence-electron chi connectivity index (χ2n) is 5.63. The molecule has 10 heteroatoms. The number of amides is 2. The summed E-state index contributed by atoms with van der Waals surface area (Å²) in [5.41, 5.74) is 4.66. The summed E-state index contributed by atoms with van der Waals surface area (Å²) in [6, 6.07) is 7.66. The number of nitro benzene ring substituents is 1. The molecule has 0 aromatic heterocycles. The standard InChI is InChI=1S/C17H14F3N3O4/c18-17(19,20)12-5-3-11(4-6-12)16(25)22-14(15(21)24)9-10-1-7-13(8-2-10)23(26)27/h1-8,14H,9H2,(H2,21,24)(H,22,25)/t14-/m0/s1. The molecule has 3 N–H and O–H groups in total. The molecular weight excluding hydrogens is 367 g/mol. The maximum absolute atomic E-state index is 12.6. The molecule has 0 radical (unpaired) electrons. The molecule has 0 heterocycles. The van der Waals surface area contributed by atoms with E-state index in [4.69, 9.17) is 5.73 Å². The van der Waals surface area contributed by atoms with Crippen molar-refractivity contribution < 1.29 is 27.7 Å². The van der Waals surface area contributed by atoms with Crippen molar-refractivity contribution >= 4 is 17.5 Å². The molecule has 2 aromatic carbocycles. The number of carbonyl (C=O) groups is 2. The van der Waals surface area contributed by atoms with Gasteiger partial charge in [-0.15, -0.1) is 0 Å². The van der Waals surface area contributed by atoms with Crippen molar-refractivity contribution in [2.75, 3.05) is 0 Å². The highest BCUT2D eigenvalue weighted by atomic mass is 19.4. The van der Waals surface area contributed by atoms with E-state index in [0.717, 1.165) is 24.3 Å². The minimum Gasteiger partial charge on any atom is -0.368 e. The topological polar surface area (TPSA) is 115 Å². The highest BCUT2D eigenvalue weighted by Gasteiger charge is 2.30. The smallest absolute Gasteiger partial charge is 0.368 e. The van der Waals surface area contributed by atoms with E-state index < -0.39 is 34.5 Å². The zero-order chi connectivity index (χ0) is 20.2. The molecule has 2 amide bonds. The van der Waals surface area contributed by atoms with Gasteiger partial charge in [-0.1, -0.05) is 12.1 Å². The molecule has 0 aliphatic rings. The molecule has 0 bridgehead atoms. The fourth-order valence-corrected chi connectivity index (χ4v) is 2.26. The molecule has 2 rings (SSSR count). The van der Waals surface area contributed by atoms with Gasteiger partial charge in [0.05, 0.1) is 10.5 Å². The van der Waals surface area contributed by atoms with Gasteiger partial charge in [0, 0.05) is 24.1 Å². The predicted octanol–water partition coefficient (Wildman–Crippen LogP) is 2.44. The summed E-state index contributed by atoms with van der Waals surface area (Å²) >= 11 is 0. The lowest BCUT2D eigenvalue weighted by atomic mass is 10.0. The van der Waals surface area contributed by atoms with Crippen LogP contribution in [0, 0.1) is 10.1 Å². The fraction of sp³-hybridized carbons (Fsp3) is 0.176. The van der Waals surface area contributed by atoms with Crippen molar-refractivity contribution in [1.29, 1.82) is 0 Å². The van der Waals surface area contributed by atoms with E-state index in [9.17, 15) is 32.9 Å². The van der Waals surface area contributed by atoms with Crippen molar-refractivity contribution in [3.63, 3.8) is 0 Å². The molecular formula is C17H14F3N3O4. The third-order valence-corrected chi connectivity index (χ3v) is 3.71. The fourth-order valence-electron chi connectivity index (χ4n) is 2.26. The van der Waals surface area contributed by atoms with Crippen LogP contribution in [0.3, 0.4) is 0 Å². The summed E-state index contributed by atoms with van der Waals surface area (Å²) in [6.07, 6.45) is -4.56. The van der Waals surface area contributed by atoms with Gasteiger partial charge < -0.3 is 11.1 Å². The average molecular weight is 381 g/mol. The maximum atomic E-state index is 12.6. The maximum Gasteiger partial charge on any atom is 0.416 e. The number of hydrogen-bond donors (Lipinski definition) is 2. The van der Waals surface area contributed by atoms with Crippen molar-refractivity contribution in [1.82, 2.24) is 5.32 Å². The normalized spacial score (nSPS) is 12.3. The van der Waals surface area contributed by atoms with Crippen LogP contribution in [-0.2, 0) is 17.4 Å². The predicted molar refractivity (Wildman–Crippen MR) is 88.7 cm³/mol. The molecule has 142 valence electrons. The minimum absolute atomic E-state index is 0.0281. The number of halogens is 3. The van der Waals surface area contributed by atoms with Crippen LogP contribution in [-0.4, -0.2) is 22.8 Å². The van der Waals surface area contributed by atoms with Crippen LogP contribution in [0.5, 0.6) is 0 Å². The van der Waals surface area contributed by atoms with E-state index in [1.807, 2.05) is 0 Å². The van der Waals surface area contributed by atoms with Crippen LogP contribution >= 0.6 is 0 Å². The molecule has 0 unspecified atom stereocenters. The number of nitrogens with one attached hydrogen (secondary N) is 1. The van der Waals surface area contributed by atoms with Gasteiger partial charge in [-0.2, -0.15) is 13.2 Å². The van der Waals surface area contributed by atoms with Gasteiger partial charge in [-0.3, -0.25) is 19.7 Å². The zero-order valence-electron chi connectivity index (χ0n) is 13.7. The second kappa shape index (κ2) is 7.85. The summed E-state index contributed by atoms with van der Waals surface area (Å²) in [7, 11) is 0. The number of nitrogens with two attached hydrogens (primary N) is 1. The summed E-state index contributed by atoms with van der Waals surface area (Å²) in [5, 5.41) is 13.0. The Labute approximate surface area is 151 Å². The highest BCUT2D eigenvalue weighted by molar-refractivity contribution is 5.97. The van der Waals surface area contributed by atoms with Gasteiger partial charge in [-0.25, -0.2) is 0 Å². The average Bonchev–Trinajstić information content (AvgIpc) is 2.60. The highest BCUT2D eigenvalue weighted by Crippen LogP contribution is 2.29. The third-order valence-electron chi connectivity index (χ3n) is 3.71. The molecule has 1 atom stereocenters. The van der Waals surface area contributed by atoms with Gasteiger partial charge in [0.1, 0.15) is 6.04 Å². The SMILES string of the molecule is NC(=O)[C@H](Cc1ccc([N+](=O)[O-])cc1)NC(=O)c1ccc(C(F)(F)F)cc1. The number of primary amides is 1. The van der Waals surface area contributed by atoms with Gasteiger partial charge in [0.2, 0.25) is 5.91 Å². The summed E-state index contributed by atoms with van der Waals surface area (Å²) < 4.78 is 37.7. The van der Waals surface area contributed by atoms with E-state index in [2.05, 4.69) is 5.32 Å². The Morgan fingerprint density at radius 2 is 1.63 bits per heavy atom.